The zero-order chi connectivity index (χ0) is 14.7. The first kappa shape index (κ1) is 13.8. The number of aromatic nitrogens is 4. The number of hydrogen-bond donors (Lipinski definition) is 2. The largest absolute Gasteiger partial charge is 0.398 e. The molecule has 3 rings (SSSR count). The van der Waals surface area contributed by atoms with Gasteiger partial charge in [-0.25, -0.2) is 0 Å². The third-order valence-corrected chi connectivity index (χ3v) is 3.64. The lowest BCUT2D eigenvalue weighted by molar-refractivity contribution is 0.570. The first-order chi connectivity index (χ1) is 10.2. The molecule has 2 aromatic heterocycles. The normalized spacial score (nSPS) is 10.9. The number of anilines is 2. The molecule has 0 aliphatic rings. The minimum atomic E-state index is 0.729. The summed E-state index contributed by atoms with van der Waals surface area (Å²) in [6, 6.07) is 5.85. The first-order valence-corrected chi connectivity index (χ1v) is 7.45. The van der Waals surface area contributed by atoms with E-state index in [0.717, 1.165) is 46.3 Å². The minimum absolute atomic E-state index is 0.729. The molecule has 1 aromatic carbocycles. The lowest BCUT2D eigenvalue weighted by Gasteiger charge is -2.11. The van der Waals surface area contributed by atoms with Gasteiger partial charge in [0.15, 0.2) is 0 Å². The Kier molecular flexibility index (Phi) is 4.01. The smallest absolute Gasteiger partial charge is 0.0954 e. The van der Waals surface area contributed by atoms with Gasteiger partial charge >= 0.3 is 0 Å². The lowest BCUT2D eigenvalue weighted by Crippen LogP contribution is -2.08. The number of rotatable bonds is 5. The molecule has 0 saturated heterocycles. The van der Waals surface area contributed by atoms with E-state index in [4.69, 9.17) is 5.73 Å². The monoisotopic (exact) mass is 346 g/mol. The molecule has 0 radical (unpaired) electrons. The number of pyridine rings is 1. The zero-order valence-electron chi connectivity index (χ0n) is 11.3. The molecule has 3 N–H and O–H groups in total. The van der Waals surface area contributed by atoms with Crippen LogP contribution in [0.25, 0.3) is 10.9 Å². The number of nitrogen functional groups attached to an aromatic ring is 1. The van der Waals surface area contributed by atoms with Crippen molar-refractivity contribution in [2.75, 3.05) is 17.6 Å². The quantitative estimate of drug-likeness (QED) is 0.548. The van der Waals surface area contributed by atoms with Gasteiger partial charge in [0.2, 0.25) is 0 Å². The topological polar surface area (TPSA) is 81.6 Å². The van der Waals surface area contributed by atoms with Crippen molar-refractivity contribution in [3.05, 3.63) is 41.3 Å². The standard InChI is InChI=1S/C14H15BrN6/c15-10-8-11-12(16)2-3-13(14(11)18-9-10)17-4-1-6-21-7-5-19-20-21/h2-3,5,7-9,17H,1,4,6,16H2. The van der Waals surface area contributed by atoms with E-state index in [9.17, 15) is 0 Å². The average Bonchev–Trinajstić information content (AvgIpc) is 2.99. The van der Waals surface area contributed by atoms with E-state index in [1.165, 1.54) is 0 Å². The van der Waals surface area contributed by atoms with E-state index in [-0.39, 0.29) is 0 Å². The molecule has 0 aliphatic heterocycles. The van der Waals surface area contributed by atoms with Crippen molar-refractivity contribution in [2.24, 2.45) is 0 Å². The molecule has 0 atom stereocenters. The molecule has 0 bridgehead atoms. The molecule has 0 spiro atoms. The van der Waals surface area contributed by atoms with Crippen LogP contribution >= 0.6 is 15.9 Å². The number of halogens is 1. The van der Waals surface area contributed by atoms with Crippen LogP contribution in [0.15, 0.2) is 41.3 Å². The second-order valence-electron chi connectivity index (χ2n) is 4.70. The Balaban J connectivity index is 1.70. The van der Waals surface area contributed by atoms with Crippen LogP contribution in [0.1, 0.15) is 6.42 Å². The first-order valence-electron chi connectivity index (χ1n) is 6.66. The van der Waals surface area contributed by atoms with Crippen LogP contribution in [0.4, 0.5) is 11.4 Å². The Bertz CT molecular complexity index is 741. The van der Waals surface area contributed by atoms with E-state index >= 15 is 0 Å². The van der Waals surface area contributed by atoms with E-state index in [1.807, 2.05) is 29.1 Å². The Morgan fingerprint density at radius 2 is 2.24 bits per heavy atom. The van der Waals surface area contributed by atoms with Gasteiger partial charge in [-0.2, -0.15) is 0 Å². The fraction of sp³-hybridized carbons (Fsp3) is 0.214. The number of nitrogens with zero attached hydrogens (tertiary/aromatic N) is 4. The highest BCUT2D eigenvalue weighted by Crippen LogP contribution is 2.28. The highest BCUT2D eigenvalue weighted by Gasteiger charge is 2.06. The van der Waals surface area contributed by atoms with Crippen LogP contribution in [0, 0.1) is 0 Å². The Hall–Kier alpha value is -2.15. The predicted octanol–water partition coefficient (Wildman–Crippen LogP) is 2.67. The lowest BCUT2D eigenvalue weighted by atomic mass is 10.1. The summed E-state index contributed by atoms with van der Waals surface area (Å²) in [6.07, 6.45) is 6.27. The van der Waals surface area contributed by atoms with Crippen molar-refractivity contribution in [1.29, 1.82) is 0 Å². The van der Waals surface area contributed by atoms with Crippen LogP contribution < -0.4 is 11.1 Å². The molecule has 0 amide bonds. The average molecular weight is 347 g/mol. The maximum Gasteiger partial charge on any atom is 0.0954 e. The number of benzene rings is 1. The van der Waals surface area contributed by atoms with Crippen molar-refractivity contribution in [2.45, 2.75) is 13.0 Å². The van der Waals surface area contributed by atoms with Gasteiger partial charge in [0.25, 0.3) is 0 Å². The maximum atomic E-state index is 6.01. The molecule has 0 fully saturated rings. The maximum absolute atomic E-state index is 6.01. The zero-order valence-corrected chi connectivity index (χ0v) is 12.9. The summed E-state index contributed by atoms with van der Waals surface area (Å²) in [6.45, 7) is 1.66. The van der Waals surface area contributed by atoms with Gasteiger partial charge in [0, 0.05) is 41.0 Å². The van der Waals surface area contributed by atoms with Crippen molar-refractivity contribution in [3.63, 3.8) is 0 Å². The Morgan fingerprint density at radius 3 is 3.05 bits per heavy atom. The van der Waals surface area contributed by atoms with Gasteiger partial charge in [-0.05, 0) is 40.5 Å². The fourth-order valence-corrected chi connectivity index (χ4v) is 2.51. The highest BCUT2D eigenvalue weighted by atomic mass is 79.9. The summed E-state index contributed by atoms with van der Waals surface area (Å²) in [5, 5.41) is 12.1. The molecule has 21 heavy (non-hydrogen) atoms. The highest BCUT2D eigenvalue weighted by molar-refractivity contribution is 9.10. The van der Waals surface area contributed by atoms with Crippen LogP contribution in [0.3, 0.4) is 0 Å². The molecular weight excluding hydrogens is 332 g/mol. The van der Waals surface area contributed by atoms with Crippen LogP contribution in [-0.4, -0.2) is 26.5 Å². The third-order valence-electron chi connectivity index (χ3n) is 3.20. The van der Waals surface area contributed by atoms with Gasteiger partial charge in [-0.3, -0.25) is 9.67 Å². The summed E-state index contributed by atoms with van der Waals surface area (Å²) in [4.78, 5) is 4.45. The summed E-state index contributed by atoms with van der Waals surface area (Å²) in [5.41, 5.74) is 8.61. The number of hydrogen-bond acceptors (Lipinski definition) is 5. The van der Waals surface area contributed by atoms with Crippen LogP contribution in [0.2, 0.25) is 0 Å². The molecule has 3 aromatic rings. The van der Waals surface area contributed by atoms with Crippen LogP contribution in [0.5, 0.6) is 0 Å². The molecule has 7 heteroatoms. The van der Waals surface area contributed by atoms with Crippen molar-refractivity contribution in [1.82, 2.24) is 20.0 Å². The van der Waals surface area contributed by atoms with Crippen molar-refractivity contribution >= 4 is 38.2 Å². The molecule has 0 saturated carbocycles. The molecule has 0 unspecified atom stereocenters. The summed E-state index contributed by atoms with van der Waals surface area (Å²) >= 11 is 3.42. The third kappa shape index (κ3) is 3.13. The minimum Gasteiger partial charge on any atom is -0.398 e. The number of aryl methyl sites for hydroxylation is 1. The van der Waals surface area contributed by atoms with Gasteiger partial charge in [0.1, 0.15) is 0 Å². The van der Waals surface area contributed by atoms with Gasteiger partial charge in [-0.15, -0.1) is 5.10 Å². The summed E-state index contributed by atoms with van der Waals surface area (Å²) in [5.74, 6) is 0. The SMILES string of the molecule is Nc1ccc(NCCCn2ccnn2)c2ncc(Br)cc12. The van der Waals surface area contributed by atoms with Crippen molar-refractivity contribution in [3.8, 4) is 0 Å². The number of nitrogens with one attached hydrogen (secondary N) is 1. The van der Waals surface area contributed by atoms with Gasteiger partial charge < -0.3 is 11.1 Å². The van der Waals surface area contributed by atoms with Gasteiger partial charge in [0.05, 0.1) is 17.4 Å². The molecular formula is C14H15BrN6. The molecule has 6 nitrogen and oxygen atoms in total. The fourth-order valence-electron chi connectivity index (χ4n) is 2.17. The van der Waals surface area contributed by atoms with Gasteiger partial charge in [-0.1, -0.05) is 5.21 Å². The second-order valence-corrected chi connectivity index (χ2v) is 5.61. The van der Waals surface area contributed by atoms with E-state index in [0.29, 0.717) is 0 Å². The summed E-state index contributed by atoms with van der Waals surface area (Å²) < 4.78 is 2.74. The molecule has 108 valence electrons. The number of fused-ring (bicyclic) bond motifs is 1. The summed E-state index contributed by atoms with van der Waals surface area (Å²) in [7, 11) is 0. The Labute approximate surface area is 130 Å². The predicted molar refractivity (Wildman–Crippen MR) is 87.0 cm³/mol. The van der Waals surface area contributed by atoms with E-state index < -0.39 is 0 Å². The van der Waals surface area contributed by atoms with Crippen LogP contribution in [-0.2, 0) is 6.54 Å². The number of nitrogens with two attached hydrogens (primary N) is 1. The molecule has 0 aliphatic carbocycles. The van der Waals surface area contributed by atoms with E-state index in [1.54, 1.807) is 12.4 Å². The van der Waals surface area contributed by atoms with Crippen molar-refractivity contribution < 1.29 is 0 Å². The van der Waals surface area contributed by atoms with E-state index in [2.05, 4.69) is 36.5 Å². The second kappa shape index (κ2) is 6.09. The molecule has 2 heterocycles. The Morgan fingerprint density at radius 1 is 1.33 bits per heavy atom.